The molecule has 23 nitrogen and oxygen atoms in total. The number of carbonyl (C=O) groups excluding carboxylic acids is 3. The number of phenols is 2. The van der Waals surface area contributed by atoms with Crippen LogP contribution in [-0.4, -0.2) is 136 Å². The molecule has 4 N–H and O–H groups in total. The summed E-state index contributed by atoms with van der Waals surface area (Å²) < 4.78 is 32.2. The van der Waals surface area contributed by atoms with Crippen LogP contribution in [0.3, 0.4) is 0 Å². The third-order valence-corrected chi connectivity index (χ3v) is 11.4. The van der Waals surface area contributed by atoms with Crippen LogP contribution in [0.1, 0.15) is 75.8 Å². The monoisotopic (exact) mass is 865 g/mol. The number of ether oxygens (including phenoxy) is 5. The van der Waals surface area contributed by atoms with Gasteiger partial charge in [-0.1, -0.05) is 22.1 Å². The van der Waals surface area contributed by atoms with Crippen molar-refractivity contribution in [2.75, 3.05) is 33.8 Å². The fraction of sp³-hybridized carbons (Fsp3) is 0.462. The molecule has 7 rings (SSSR count). The molecule has 0 unspecified atom stereocenters. The highest BCUT2D eigenvalue weighted by molar-refractivity contribution is 6.31. The fourth-order valence-corrected chi connectivity index (χ4v) is 8.18. The number of hydrogen-bond donors (Lipinski definition) is 4. The maximum atomic E-state index is 14.1. The smallest absolute Gasteiger partial charge is 0.434 e. The number of aromatic nitrogens is 4. The molecule has 3 aliphatic rings. The van der Waals surface area contributed by atoms with Gasteiger partial charge in [0.05, 0.1) is 68.4 Å². The van der Waals surface area contributed by atoms with Crippen molar-refractivity contribution >= 4 is 29.2 Å². The molecule has 2 aromatic carbocycles. The van der Waals surface area contributed by atoms with Crippen LogP contribution in [-0.2, 0) is 43.3 Å². The van der Waals surface area contributed by atoms with E-state index in [-0.39, 0.29) is 74.2 Å². The molecular formula is C39H43N7O16. The summed E-state index contributed by atoms with van der Waals surface area (Å²) in [6.07, 6.45) is -0.635. The zero-order chi connectivity index (χ0) is 44.6. The average molecular weight is 866 g/mol. The number of imidazole rings is 2. The Morgan fingerprint density at radius 2 is 1.56 bits per heavy atom. The number of aliphatic hydroxyl groups is 2. The van der Waals surface area contributed by atoms with E-state index in [1.165, 1.54) is 59.2 Å². The van der Waals surface area contributed by atoms with Gasteiger partial charge in [0.1, 0.15) is 61.1 Å². The number of nitro groups is 2. The molecule has 1 aliphatic heterocycles. The third kappa shape index (κ3) is 8.13. The molecule has 0 radical (unpaired) electrons. The van der Waals surface area contributed by atoms with Crippen LogP contribution in [0, 0.1) is 20.2 Å². The first kappa shape index (κ1) is 43.9. The SMILES string of the molecule is COc1cccc2c1C(=O)c1c(O)c3c(c(O)c1C2=O)C[C@@](O)(C(C)=O)C[C@@H]3O[C@H]1C[C@H](N(COCCn2ccnc2[N+](=O)[O-])COCCn2ccnc2[N+](=O)[O-])[C@H](O)[C@H](C)O1. The summed E-state index contributed by atoms with van der Waals surface area (Å²) in [5, 5.41) is 69.5. The van der Waals surface area contributed by atoms with E-state index in [2.05, 4.69) is 9.97 Å². The number of ketones is 3. The summed E-state index contributed by atoms with van der Waals surface area (Å²) in [4.78, 5) is 71.4. The van der Waals surface area contributed by atoms with Crippen LogP contribution >= 0.6 is 0 Å². The second kappa shape index (κ2) is 17.6. The topological polar surface area (TPSA) is 303 Å². The Labute approximate surface area is 351 Å². The minimum Gasteiger partial charge on any atom is -0.507 e. The lowest BCUT2D eigenvalue weighted by Gasteiger charge is -2.45. The highest BCUT2D eigenvalue weighted by Gasteiger charge is 2.50. The lowest BCUT2D eigenvalue weighted by Crippen LogP contribution is -2.56. The van der Waals surface area contributed by atoms with Crippen LogP contribution < -0.4 is 4.74 Å². The van der Waals surface area contributed by atoms with Crippen molar-refractivity contribution in [2.24, 2.45) is 0 Å². The molecule has 1 fully saturated rings. The number of methoxy groups -OCH3 is 1. The maximum Gasteiger partial charge on any atom is 0.434 e. The number of rotatable bonds is 17. The minimum atomic E-state index is -2.17. The highest BCUT2D eigenvalue weighted by atomic mass is 16.7. The number of nitrogens with zero attached hydrogens (tertiary/aromatic N) is 7. The predicted octanol–water partition coefficient (Wildman–Crippen LogP) is 1.93. The van der Waals surface area contributed by atoms with Gasteiger partial charge >= 0.3 is 11.9 Å². The lowest BCUT2D eigenvalue weighted by atomic mass is 9.72. The Morgan fingerprint density at radius 3 is 2.13 bits per heavy atom. The summed E-state index contributed by atoms with van der Waals surface area (Å²) in [7, 11) is 1.30. The van der Waals surface area contributed by atoms with Crippen molar-refractivity contribution in [1.29, 1.82) is 0 Å². The van der Waals surface area contributed by atoms with Crippen LogP contribution in [0.25, 0.3) is 0 Å². The van der Waals surface area contributed by atoms with Gasteiger partial charge in [-0.05, 0) is 29.8 Å². The van der Waals surface area contributed by atoms with E-state index in [0.717, 1.165) is 6.92 Å². The number of carbonyl (C=O) groups is 3. The van der Waals surface area contributed by atoms with Crippen molar-refractivity contribution in [2.45, 2.75) is 82.4 Å². The number of fused-ring (bicyclic) bond motifs is 3. The zero-order valence-corrected chi connectivity index (χ0v) is 33.6. The molecule has 0 bridgehead atoms. The van der Waals surface area contributed by atoms with Crippen LogP contribution in [0.15, 0.2) is 43.0 Å². The van der Waals surface area contributed by atoms with Gasteiger partial charge in [-0.25, -0.2) is 9.13 Å². The number of Topliss-reactive ketones (excluding diaryl/α,β-unsaturated/α-hetero) is 1. The first-order valence-corrected chi connectivity index (χ1v) is 19.4. The Hall–Kier alpha value is -6.21. The molecule has 4 aromatic rings. The first-order valence-electron chi connectivity index (χ1n) is 19.4. The van der Waals surface area contributed by atoms with Gasteiger partial charge in [-0.2, -0.15) is 0 Å². The van der Waals surface area contributed by atoms with E-state index in [1.807, 2.05) is 0 Å². The maximum absolute atomic E-state index is 14.1. The van der Waals surface area contributed by atoms with Gasteiger partial charge in [-0.3, -0.25) is 19.3 Å². The van der Waals surface area contributed by atoms with Gasteiger partial charge in [0.25, 0.3) is 0 Å². The third-order valence-electron chi connectivity index (χ3n) is 11.4. The van der Waals surface area contributed by atoms with Crippen molar-refractivity contribution in [1.82, 2.24) is 24.0 Å². The van der Waals surface area contributed by atoms with Gasteiger partial charge in [0, 0.05) is 42.0 Å². The lowest BCUT2D eigenvalue weighted by molar-refractivity contribution is -0.397. The summed E-state index contributed by atoms with van der Waals surface area (Å²) in [6.45, 7) is 2.25. The van der Waals surface area contributed by atoms with Gasteiger partial charge < -0.3 is 64.3 Å². The second-order valence-corrected chi connectivity index (χ2v) is 15.1. The van der Waals surface area contributed by atoms with E-state index >= 15 is 0 Å². The Morgan fingerprint density at radius 1 is 0.968 bits per heavy atom. The highest BCUT2D eigenvalue weighted by Crippen LogP contribution is 2.52. The summed E-state index contributed by atoms with van der Waals surface area (Å²) in [5.74, 6) is -4.48. The molecule has 2 aliphatic carbocycles. The summed E-state index contributed by atoms with van der Waals surface area (Å²) in [6, 6.07) is 3.45. The summed E-state index contributed by atoms with van der Waals surface area (Å²) >= 11 is 0. The number of aromatic hydroxyl groups is 2. The summed E-state index contributed by atoms with van der Waals surface area (Å²) in [5.41, 5.74) is -3.75. The number of aliphatic hydroxyl groups excluding tert-OH is 1. The Kier molecular flexibility index (Phi) is 12.5. The predicted molar refractivity (Wildman–Crippen MR) is 207 cm³/mol. The first-order chi connectivity index (χ1) is 29.6. The fourth-order valence-electron chi connectivity index (χ4n) is 8.18. The van der Waals surface area contributed by atoms with Crippen LogP contribution in [0.2, 0.25) is 0 Å². The molecule has 6 atom stereocenters. The van der Waals surface area contributed by atoms with E-state index in [1.54, 1.807) is 11.8 Å². The molecule has 0 spiro atoms. The molecule has 1 saturated heterocycles. The van der Waals surface area contributed by atoms with Crippen LogP contribution in [0.4, 0.5) is 11.9 Å². The largest absolute Gasteiger partial charge is 0.507 e. The van der Waals surface area contributed by atoms with Crippen molar-refractivity contribution < 1.29 is 68.3 Å². The van der Waals surface area contributed by atoms with E-state index in [9.17, 15) is 55.0 Å². The molecule has 0 saturated carbocycles. The molecular weight excluding hydrogens is 822 g/mol. The molecule has 23 heteroatoms. The van der Waals surface area contributed by atoms with E-state index in [4.69, 9.17) is 23.7 Å². The quantitative estimate of drug-likeness (QED) is 0.0341. The van der Waals surface area contributed by atoms with Gasteiger partial charge in [0.15, 0.2) is 17.9 Å². The molecule has 0 amide bonds. The number of benzene rings is 2. The van der Waals surface area contributed by atoms with E-state index in [0.29, 0.717) is 0 Å². The zero-order valence-electron chi connectivity index (χ0n) is 33.6. The van der Waals surface area contributed by atoms with Crippen molar-refractivity contribution in [3.63, 3.8) is 0 Å². The molecule has 2 aromatic heterocycles. The second-order valence-electron chi connectivity index (χ2n) is 15.1. The number of hydrogen-bond acceptors (Lipinski definition) is 19. The normalized spacial score (nSPS) is 23.2. The average Bonchev–Trinajstić information content (AvgIpc) is 3.92. The number of phenolic OH excluding ortho intramolecular Hbond substituents is 2. The van der Waals surface area contributed by atoms with Crippen molar-refractivity contribution in [3.05, 3.63) is 96.6 Å². The standard InChI is InChI=1S/C39H43N7O16/c1-20-32(48)24(44(18-59-13-11-42-9-7-40-37(42)45(54)55)19-60-14-12-43-10-8-41-38(43)46(56)57)15-27(61-20)62-26-17-39(53,21(2)47)16-23-29(26)36(52)31-30(34(23)50)33(49)22-5-4-6-25(58-3)28(22)35(31)51/h4-10,20,24,26-27,32,48,50,52-53H,11-19H2,1-3H3/t20-,24-,26-,27-,32+,39-/m0/s1. The van der Waals surface area contributed by atoms with Crippen LogP contribution in [0.5, 0.6) is 17.2 Å². The molecule has 330 valence electrons. The Balaban J connectivity index is 1.17. The molecule has 3 heterocycles. The minimum absolute atomic E-state index is 0.0421. The molecule has 62 heavy (non-hydrogen) atoms. The van der Waals surface area contributed by atoms with E-state index < -0.39 is 111 Å². The van der Waals surface area contributed by atoms with Crippen molar-refractivity contribution in [3.8, 4) is 17.2 Å². The van der Waals surface area contributed by atoms with Gasteiger partial charge in [-0.15, -0.1) is 0 Å². The van der Waals surface area contributed by atoms with Gasteiger partial charge in [0.2, 0.25) is 5.78 Å². The Bertz CT molecular complexity index is 2360.